The number of carbonyl (C=O) groups excluding carboxylic acids is 5. The Morgan fingerprint density at radius 3 is 2.28 bits per heavy atom. The Morgan fingerprint density at radius 2 is 1.72 bits per heavy atom. The van der Waals surface area contributed by atoms with Crippen LogP contribution in [0.4, 0.5) is 4.79 Å². The predicted octanol–water partition coefficient (Wildman–Crippen LogP) is 2.89. The van der Waals surface area contributed by atoms with E-state index < -0.39 is 47.5 Å². The molecule has 1 rings (SSSR count). The van der Waals surface area contributed by atoms with Crippen LogP contribution in [0.5, 0.6) is 0 Å². The molecule has 0 aliphatic carbocycles. The fraction of sp³-hybridized carbons (Fsp3) is 0.607. The first kappa shape index (κ1) is 33.4. The van der Waals surface area contributed by atoms with E-state index in [2.05, 4.69) is 22.3 Å². The van der Waals surface area contributed by atoms with Crippen LogP contribution in [0.25, 0.3) is 0 Å². The van der Waals surface area contributed by atoms with Gasteiger partial charge >= 0.3 is 12.1 Å². The van der Waals surface area contributed by atoms with Crippen molar-refractivity contribution in [3.63, 3.8) is 0 Å². The van der Waals surface area contributed by atoms with Crippen LogP contribution in [0.1, 0.15) is 83.4 Å². The van der Waals surface area contributed by atoms with Gasteiger partial charge in [0.05, 0.1) is 7.11 Å². The van der Waals surface area contributed by atoms with Crippen molar-refractivity contribution in [3.05, 3.63) is 35.4 Å². The van der Waals surface area contributed by atoms with E-state index >= 15 is 0 Å². The number of nitrogens with two attached hydrogens (primary N) is 1. The summed E-state index contributed by atoms with van der Waals surface area (Å²) in [4.78, 5) is 65.0. The molecule has 0 aliphatic rings. The highest BCUT2D eigenvalue weighted by Crippen LogP contribution is 2.27. The minimum Gasteiger partial charge on any atom is -0.468 e. The molecule has 2 unspecified atom stereocenters. The largest absolute Gasteiger partial charge is 0.468 e. The Hall–Kier alpha value is -3.63. The number of esters is 1. The molecule has 4 N–H and O–H groups in total. The molecule has 0 aliphatic heterocycles. The number of aryl methyl sites for hydroxylation is 1. The lowest BCUT2D eigenvalue weighted by molar-refractivity contribution is -0.145. The highest BCUT2D eigenvalue weighted by atomic mass is 16.6. The third-order valence-electron chi connectivity index (χ3n) is 5.88. The molecule has 1 aromatic carbocycles. The fourth-order valence-corrected chi connectivity index (χ4v) is 3.94. The van der Waals surface area contributed by atoms with Gasteiger partial charge in [-0.25, -0.2) is 4.79 Å². The van der Waals surface area contributed by atoms with Crippen LogP contribution in [0.15, 0.2) is 24.3 Å². The van der Waals surface area contributed by atoms with Crippen LogP contribution in [0.2, 0.25) is 0 Å². The summed E-state index contributed by atoms with van der Waals surface area (Å²) in [6, 6.07) is 4.84. The second kappa shape index (κ2) is 16.4. The maximum absolute atomic E-state index is 14.1. The Morgan fingerprint density at radius 1 is 1.05 bits per heavy atom. The quantitative estimate of drug-likeness (QED) is 0.225. The van der Waals surface area contributed by atoms with Gasteiger partial charge in [-0.3, -0.25) is 19.2 Å². The number of hydrogen-bond acceptors (Lipinski definition) is 7. The third kappa shape index (κ3) is 12.2. The third-order valence-corrected chi connectivity index (χ3v) is 5.88. The van der Waals surface area contributed by atoms with E-state index in [-0.39, 0.29) is 25.9 Å². The van der Waals surface area contributed by atoms with Gasteiger partial charge in [0.2, 0.25) is 17.7 Å². The molecular weight excluding hydrogens is 504 g/mol. The molecule has 1 aromatic rings. The molecule has 11 heteroatoms. The lowest BCUT2D eigenvalue weighted by atomic mass is 9.97. The van der Waals surface area contributed by atoms with Crippen molar-refractivity contribution in [3.8, 4) is 0 Å². The van der Waals surface area contributed by atoms with Crippen molar-refractivity contribution >= 4 is 29.8 Å². The van der Waals surface area contributed by atoms with Crippen molar-refractivity contribution in [2.24, 2.45) is 5.73 Å². The van der Waals surface area contributed by atoms with Gasteiger partial charge in [-0.1, -0.05) is 50.5 Å². The van der Waals surface area contributed by atoms with Crippen molar-refractivity contribution < 1.29 is 33.4 Å². The van der Waals surface area contributed by atoms with Crippen molar-refractivity contribution in [1.82, 2.24) is 15.5 Å². The van der Waals surface area contributed by atoms with Crippen molar-refractivity contribution in [1.29, 1.82) is 0 Å². The van der Waals surface area contributed by atoms with Gasteiger partial charge in [0.1, 0.15) is 24.2 Å². The first-order valence-corrected chi connectivity index (χ1v) is 13.3. The molecule has 0 radical (unpaired) electrons. The molecule has 0 saturated heterocycles. The van der Waals surface area contributed by atoms with Crippen LogP contribution in [0.3, 0.4) is 0 Å². The smallest absolute Gasteiger partial charge is 0.408 e. The minimum atomic E-state index is -1.18. The number of hydrogen-bond donors (Lipinski definition) is 3. The van der Waals surface area contributed by atoms with E-state index in [1.54, 1.807) is 32.9 Å². The van der Waals surface area contributed by atoms with Gasteiger partial charge < -0.3 is 30.7 Å². The molecule has 11 nitrogen and oxygen atoms in total. The zero-order valence-electron chi connectivity index (χ0n) is 24.0. The maximum Gasteiger partial charge on any atom is 0.408 e. The molecule has 0 spiro atoms. The molecule has 0 aromatic heterocycles. The maximum atomic E-state index is 14.1. The minimum absolute atomic E-state index is 0.0802. The zero-order chi connectivity index (χ0) is 29.6. The summed E-state index contributed by atoms with van der Waals surface area (Å²) in [5.74, 6) is -2.43. The summed E-state index contributed by atoms with van der Waals surface area (Å²) in [5, 5.41) is 5.13. The lowest BCUT2D eigenvalue weighted by Crippen LogP contribution is -2.53. The predicted molar refractivity (Wildman–Crippen MR) is 146 cm³/mol. The first-order chi connectivity index (χ1) is 18.3. The van der Waals surface area contributed by atoms with Crippen molar-refractivity contribution in [2.75, 3.05) is 20.2 Å². The van der Waals surface area contributed by atoms with Gasteiger partial charge in [-0.05, 0) is 51.7 Å². The summed E-state index contributed by atoms with van der Waals surface area (Å²) in [7, 11) is 1.21. The number of rotatable bonds is 15. The topological polar surface area (TPSA) is 157 Å². The SMILES string of the molecule is CCCCCCN(C(=O)C(CCC(N)=O)NC(=O)OC(C)(C)C)C(C(=O)NCC(=O)OC)c1ccccc1C. The van der Waals surface area contributed by atoms with E-state index in [9.17, 15) is 24.0 Å². The van der Waals surface area contributed by atoms with Crippen LogP contribution in [0, 0.1) is 6.92 Å². The van der Waals surface area contributed by atoms with E-state index in [0.717, 1.165) is 24.8 Å². The van der Waals surface area contributed by atoms with Gasteiger partial charge in [-0.2, -0.15) is 0 Å². The number of carbonyl (C=O) groups is 5. The number of ether oxygens (including phenoxy) is 2. The van der Waals surface area contributed by atoms with Crippen molar-refractivity contribution in [2.45, 2.75) is 90.8 Å². The molecule has 39 heavy (non-hydrogen) atoms. The molecule has 218 valence electrons. The number of nitrogens with one attached hydrogen (secondary N) is 2. The number of benzene rings is 1. The fourth-order valence-electron chi connectivity index (χ4n) is 3.94. The summed E-state index contributed by atoms with van der Waals surface area (Å²) >= 11 is 0. The van der Waals surface area contributed by atoms with E-state index in [1.807, 2.05) is 19.1 Å². The van der Waals surface area contributed by atoms with Gasteiger partial charge in [0.15, 0.2) is 0 Å². The van der Waals surface area contributed by atoms with Gasteiger partial charge in [0, 0.05) is 13.0 Å². The summed E-state index contributed by atoms with van der Waals surface area (Å²) in [6.45, 7) is 8.76. The Bertz CT molecular complexity index is 990. The number of amides is 4. The Labute approximate surface area is 231 Å². The lowest BCUT2D eigenvalue weighted by Gasteiger charge is -2.35. The summed E-state index contributed by atoms with van der Waals surface area (Å²) in [6.07, 6.45) is 2.24. The highest BCUT2D eigenvalue weighted by molar-refractivity contribution is 5.93. The molecule has 0 bridgehead atoms. The number of nitrogens with zero attached hydrogens (tertiary/aromatic N) is 1. The number of unbranched alkanes of at least 4 members (excludes halogenated alkanes) is 3. The average molecular weight is 549 g/mol. The number of alkyl carbamates (subject to hydrolysis) is 1. The highest BCUT2D eigenvalue weighted by Gasteiger charge is 2.36. The number of methoxy groups -OCH3 is 1. The molecule has 0 saturated carbocycles. The number of primary amides is 1. The summed E-state index contributed by atoms with van der Waals surface area (Å²) < 4.78 is 9.99. The second-order valence-corrected chi connectivity index (χ2v) is 10.3. The van der Waals surface area contributed by atoms with E-state index in [0.29, 0.717) is 12.0 Å². The zero-order valence-corrected chi connectivity index (χ0v) is 24.0. The van der Waals surface area contributed by atoms with Gasteiger partial charge in [0.25, 0.3) is 0 Å². The van der Waals surface area contributed by atoms with Crippen LogP contribution in [-0.2, 0) is 28.7 Å². The molecule has 0 fully saturated rings. The second-order valence-electron chi connectivity index (χ2n) is 10.3. The van der Waals surface area contributed by atoms with Crippen LogP contribution >= 0.6 is 0 Å². The molecule has 2 atom stereocenters. The Kier molecular flexibility index (Phi) is 14.0. The van der Waals surface area contributed by atoms with Crippen LogP contribution < -0.4 is 16.4 Å². The van der Waals surface area contributed by atoms with E-state index in [1.165, 1.54) is 12.0 Å². The van der Waals surface area contributed by atoms with Crippen LogP contribution in [-0.4, -0.2) is 66.5 Å². The standard InChI is InChI=1S/C28H44N4O7/c1-7-8-9-12-17-32(26(36)21(15-16-22(29)33)31-27(37)39-28(3,4)5)24(20-14-11-10-13-19(20)2)25(35)30-18-23(34)38-6/h10-11,13-14,21,24H,7-9,12,15-18H2,1-6H3,(H2,29,33)(H,30,35)(H,31,37). The molecule has 4 amide bonds. The normalized spacial score (nSPS) is 12.6. The van der Waals surface area contributed by atoms with E-state index in [4.69, 9.17) is 10.5 Å². The van der Waals surface area contributed by atoms with Gasteiger partial charge in [-0.15, -0.1) is 0 Å². The monoisotopic (exact) mass is 548 g/mol. The molecule has 0 heterocycles. The average Bonchev–Trinajstić information content (AvgIpc) is 2.85. The molecular formula is C28H44N4O7. The first-order valence-electron chi connectivity index (χ1n) is 13.3. The summed E-state index contributed by atoms with van der Waals surface area (Å²) in [5.41, 5.74) is 5.85. The Balaban J connectivity index is 3.52.